The SMILES string of the molecule is COc1ccc(NS(=O)(=O)c2ccc(OC)c(C)c2)c(OC)c1. The molecule has 0 spiro atoms. The van der Waals surface area contributed by atoms with Crippen LogP contribution >= 0.6 is 0 Å². The van der Waals surface area contributed by atoms with Crippen molar-refractivity contribution in [2.75, 3.05) is 26.1 Å². The van der Waals surface area contributed by atoms with Gasteiger partial charge < -0.3 is 14.2 Å². The number of benzene rings is 2. The van der Waals surface area contributed by atoms with Crippen LogP contribution in [0.25, 0.3) is 0 Å². The minimum atomic E-state index is -3.74. The number of rotatable bonds is 6. The third-order valence-electron chi connectivity index (χ3n) is 3.33. The van der Waals surface area contributed by atoms with Gasteiger partial charge in [-0.05, 0) is 42.8 Å². The normalized spacial score (nSPS) is 11.0. The van der Waals surface area contributed by atoms with Gasteiger partial charge in [0, 0.05) is 6.07 Å². The second-order valence-corrected chi connectivity index (χ2v) is 6.49. The van der Waals surface area contributed by atoms with E-state index in [1.165, 1.54) is 27.4 Å². The molecule has 7 heteroatoms. The molecule has 0 saturated carbocycles. The Morgan fingerprint density at radius 1 is 0.870 bits per heavy atom. The second-order valence-electron chi connectivity index (χ2n) is 4.80. The minimum Gasteiger partial charge on any atom is -0.497 e. The van der Waals surface area contributed by atoms with Crippen LogP contribution in [0.2, 0.25) is 0 Å². The third-order valence-corrected chi connectivity index (χ3v) is 4.69. The molecule has 0 aromatic heterocycles. The number of ether oxygens (including phenoxy) is 3. The molecular formula is C16H19NO5S. The highest BCUT2D eigenvalue weighted by Gasteiger charge is 2.18. The molecule has 0 aliphatic rings. The molecule has 23 heavy (non-hydrogen) atoms. The van der Waals surface area contributed by atoms with E-state index < -0.39 is 10.0 Å². The summed E-state index contributed by atoms with van der Waals surface area (Å²) in [5.41, 5.74) is 1.07. The average Bonchev–Trinajstić information content (AvgIpc) is 2.54. The summed E-state index contributed by atoms with van der Waals surface area (Å²) >= 11 is 0. The van der Waals surface area contributed by atoms with Crippen molar-refractivity contribution in [2.45, 2.75) is 11.8 Å². The molecule has 0 bridgehead atoms. The van der Waals surface area contributed by atoms with Gasteiger partial charge in [-0.25, -0.2) is 8.42 Å². The van der Waals surface area contributed by atoms with Crippen LogP contribution in [0.1, 0.15) is 5.56 Å². The maximum absolute atomic E-state index is 12.5. The Bertz CT molecular complexity index is 802. The van der Waals surface area contributed by atoms with Crippen molar-refractivity contribution in [2.24, 2.45) is 0 Å². The zero-order valence-corrected chi connectivity index (χ0v) is 14.2. The molecule has 0 atom stereocenters. The summed E-state index contributed by atoms with van der Waals surface area (Å²) in [6, 6.07) is 9.51. The molecule has 0 amide bonds. The lowest BCUT2D eigenvalue weighted by Crippen LogP contribution is -2.14. The summed E-state index contributed by atoms with van der Waals surface area (Å²) in [4.78, 5) is 0.147. The fourth-order valence-electron chi connectivity index (χ4n) is 2.10. The van der Waals surface area contributed by atoms with Gasteiger partial charge in [-0.15, -0.1) is 0 Å². The molecule has 6 nitrogen and oxygen atoms in total. The molecule has 1 N–H and O–H groups in total. The number of hydrogen-bond acceptors (Lipinski definition) is 5. The number of hydrogen-bond donors (Lipinski definition) is 1. The lowest BCUT2D eigenvalue weighted by molar-refractivity contribution is 0.395. The fourth-order valence-corrected chi connectivity index (χ4v) is 3.26. The summed E-state index contributed by atoms with van der Waals surface area (Å²) in [6.45, 7) is 1.78. The standard InChI is InChI=1S/C16H19NO5S/c1-11-9-13(6-8-15(11)21-3)23(18,19)17-14-7-5-12(20-2)10-16(14)22-4/h5-10,17H,1-4H3. The van der Waals surface area contributed by atoms with E-state index in [9.17, 15) is 8.42 Å². The van der Waals surface area contributed by atoms with Crippen LogP contribution in [0, 0.1) is 6.92 Å². The van der Waals surface area contributed by atoms with Gasteiger partial charge in [0.25, 0.3) is 10.0 Å². The van der Waals surface area contributed by atoms with Gasteiger partial charge in [-0.1, -0.05) is 0 Å². The highest BCUT2D eigenvalue weighted by molar-refractivity contribution is 7.92. The maximum atomic E-state index is 12.5. The van der Waals surface area contributed by atoms with Crippen molar-refractivity contribution in [3.63, 3.8) is 0 Å². The molecule has 0 aliphatic carbocycles. The van der Waals surface area contributed by atoms with E-state index in [2.05, 4.69) is 4.72 Å². The van der Waals surface area contributed by atoms with E-state index in [0.717, 1.165) is 5.56 Å². The number of nitrogens with one attached hydrogen (secondary N) is 1. The average molecular weight is 337 g/mol. The van der Waals surface area contributed by atoms with Crippen LogP contribution in [0.5, 0.6) is 17.2 Å². The zero-order valence-electron chi connectivity index (χ0n) is 13.4. The highest BCUT2D eigenvalue weighted by atomic mass is 32.2. The Morgan fingerprint density at radius 2 is 1.57 bits per heavy atom. The van der Waals surface area contributed by atoms with Crippen molar-refractivity contribution in [3.05, 3.63) is 42.0 Å². The van der Waals surface area contributed by atoms with Crippen molar-refractivity contribution < 1.29 is 22.6 Å². The molecule has 0 heterocycles. The van der Waals surface area contributed by atoms with Crippen molar-refractivity contribution in [1.29, 1.82) is 0 Å². The Balaban J connectivity index is 2.36. The van der Waals surface area contributed by atoms with E-state index in [4.69, 9.17) is 14.2 Å². The second kappa shape index (κ2) is 6.78. The summed E-state index contributed by atoms with van der Waals surface area (Å²) in [5.74, 6) is 1.58. The molecule has 2 aromatic carbocycles. The Hall–Kier alpha value is -2.41. The monoisotopic (exact) mass is 337 g/mol. The highest BCUT2D eigenvalue weighted by Crippen LogP contribution is 2.31. The lowest BCUT2D eigenvalue weighted by Gasteiger charge is -2.14. The Morgan fingerprint density at radius 3 is 2.13 bits per heavy atom. The van der Waals surface area contributed by atoms with Gasteiger partial charge in [0.15, 0.2) is 0 Å². The fraction of sp³-hybridized carbons (Fsp3) is 0.250. The van der Waals surface area contributed by atoms with E-state index in [1.54, 1.807) is 37.3 Å². The Kier molecular flexibility index (Phi) is 5.00. The number of methoxy groups -OCH3 is 3. The molecule has 2 rings (SSSR count). The molecule has 124 valence electrons. The molecule has 2 aromatic rings. The van der Waals surface area contributed by atoms with Crippen LogP contribution in [0.4, 0.5) is 5.69 Å². The molecule has 0 unspecified atom stereocenters. The molecule has 0 saturated heterocycles. The van der Waals surface area contributed by atoms with Gasteiger partial charge in [0.05, 0.1) is 31.9 Å². The van der Waals surface area contributed by atoms with Crippen molar-refractivity contribution >= 4 is 15.7 Å². The van der Waals surface area contributed by atoms with E-state index in [0.29, 0.717) is 22.9 Å². The van der Waals surface area contributed by atoms with Crippen LogP contribution in [0.15, 0.2) is 41.3 Å². The van der Waals surface area contributed by atoms with E-state index in [1.807, 2.05) is 0 Å². The van der Waals surface area contributed by atoms with Gasteiger partial charge in [0.2, 0.25) is 0 Å². The molecule has 0 aliphatic heterocycles. The summed E-state index contributed by atoms with van der Waals surface area (Å²) in [7, 11) is 0.788. The predicted octanol–water partition coefficient (Wildman–Crippen LogP) is 2.82. The van der Waals surface area contributed by atoms with E-state index in [-0.39, 0.29) is 4.90 Å². The van der Waals surface area contributed by atoms with Gasteiger partial charge in [0.1, 0.15) is 17.2 Å². The predicted molar refractivity (Wildman–Crippen MR) is 88.1 cm³/mol. The first-order valence-corrected chi connectivity index (χ1v) is 8.29. The third kappa shape index (κ3) is 3.68. The van der Waals surface area contributed by atoms with Crippen LogP contribution in [-0.2, 0) is 10.0 Å². The van der Waals surface area contributed by atoms with Crippen LogP contribution < -0.4 is 18.9 Å². The largest absolute Gasteiger partial charge is 0.497 e. The van der Waals surface area contributed by atoms with Gasteiger partial charge >= 0.3 is 0 Å². The van der Waals surface area contributed by atoms with Gasteiger partial charge in [-0.3, -0.25) is 4.72 Å². The maximum Gasteiger partial charge on any atom is 0.262 e. The number of anilines is 1. The quantitative estimate of drug-likeness (QED) is 0.877. The first-order chi connectivity index (χ1) is 10.9. The van der Waals surface area contributed by atoms with Crippen LogP contribution in [-0.4, -0.2) is 29.7 Å². The number of aryl methyl sites for hydroxylation is 1. The zero-order chi connectivity index (χ0) is 17.0. The minimum absolute atomic E-state index is 0.147. The molecule has 0 fully saturated rings. The topological polar surface area (TPSA) is 73.9 Å². The smallest absolute Gasteiger partial charge is 0.262 e. The van der Waals surface area contributed by atoms with Crippen molar-refractivity contribution in [1.82, 2.24) is 0 Å². The Labute approximate surface area is 136 Å². The van der Waals surface area contributed by atoms with Crippen LogP contribution in [0.3, 0.4) is 0 Å². The first-order valence-electron chi connectivity index (χ1n) is 6.80. The lowest BCUT2D eigenvalue weighted by atomic mass is 10.2. The first kappa shape index (κ1) is 17.0. The van der Waals surface area contributed by atoms with Crippen molar-refractivity contribution in [3.8, 4) is 17.2 Å². The molecular weight excluding hydrogens is 318 g/mol. The van der Waals surface area contributed by atoms with Gasteiger partial charge in [-0.2, -0.15) is 0 Å². The summed E-state index contributed by atoms with van der Waals surface area (Å²) in [5, 5.41) is 0. The number of sulfonamides is 1. The van der Waals surface area contributed by atoms with E-state index >= 15 is 0 Å². The summed E-state index contributed by atoms with van der Waals surface area (Å²) in [6.07, 6.45) is 0. The summed E-state index contributed by atoms with van der Waals surface area (Å²) < 4.78 is 43.0. The molecule has 0 radical (unpaired) electrons.